The summed E-state index contributed by atoms with van der Waals surface area (Å²) < 4.78 is 5.63. The first kappa shape index (κ1) is 19.5. The zero-order chi connectivity index (χ0) is 16.8. The Morgan fingerprint density at radius 2 is 2.16 bits per heavy atom. The lowest BCUT2D eigenvalue weighted by atomic mass is 10.0. The zero-order valence-electron chi connectivity index (χ0n) is 13.7. The Morgan fingerprint density at radius 3 is 2.92 bits per heavy atom. The SMILES string of the molecule is Cl.O=C(CCOc1ccccc1Cl)N1CCNCC1c1cccnc1. The number of ether oxygens (including phenoxy) is 1. The predicted molar refractivity (Wildman–Crippen MR) is 100 cm³/mol. The molecule has 5 nitrogen and oxygen atoms in total. The van der Waals surface area contributed by atoms with E-state index >= 15 is 0 Å². The molecule has 0 spiro atoms. The number of nitrogens with one attached hydrogen (secondary N) is 1. The summed E-state index contributed by atoms with van der Waals surface area (Å²) in [5.74, 6) is 0.688. The van der Waals surface area contributed by atoms with Crippen LogP contribution in [0.3, 0.4) is 0 Å². The van der Waals surface area contributed by atoms with Gasteiger partial charge < -0.3 is 15.0 Å². The van der Waals surface area contributed by atoms with E-state index in [0.717, 1.165) is 18.7 Å². The molecule has 0 aliphatic carbocycles. The lowest BCUT2D eigenvalue weighted by molar-refractivity contribution is -0.135. The molecule has 7 heteroatoms. The molecule has 1 aliphatic heterocycles. The van der Waals surface area contributed by atoms with Crippen molar-refractivity contribution in [3.63, 3.8) is 0 Å². The number of pyridine rings is 1. The van der Waals surface area contributed by atoms with Crippen LogP contribution in [0.1, 0.15) is 18.0 Å². The van der Waals surface area contributed by atoms with Crippen LogP contribution in [0, 0.1) is 0 Å². The monoisotopic (exact) mass is 381 g/mol. The Morgan fingerprint density at radius 1 is 1.32 bits per heavy atom. The number of nitrogens with zero attached hydrogens (tertiary/aromatic N) is 2. The Bertz CT molecular complexity index is 685. The number of rotatable bonds is 5. The Labute approximate surface area is 158 Å². The van der Waals surface area contributed by atoms with E-state index in [-0.39, 0.29) is 24.4 Å². The smallest absolute Gasteiger partial charge is 0.226 e. The second kappa shape index (κ2) is 9.61. The average Bonchev–Trinajstić information content (AvgIpc) is 2.64. The van der Waals surface area contributed by atoms with Crippen LogP contribution in [-0.4, -0.2) is 42.0 Å². The molecule has 1 aliphatic rings. The highest BCUT2D eigenvalue weighted by atomic mass is 35.5. The number of benzene rings is 1. The van der Waals surface area contributed by atoms with Gasteiger partial charge in [0.25, 0.3) is 0 Å². The summed E-state index contributed by atoms with van der Waals surface area (Å²) in [4.78, 5) is 18.7. The summed E-state index contributed by atoms with van der Waals surface area (Å²) in [6, 6.07) is 11.2. The third kappa shape index (κ3) is 5.08. The zero-order valence-corrected chi connectivity index (χ0v) is 15.3. The summed E-state index contributed by atoms with van der Waals surface area (Å²) in [5.41, 5.74) is 1.05. The Hall–Kier alpha value is -1.82. The largest absolute Gasteiger partial charge is 0.491 e. The highest BCUT2D eigenvalue weighted by molar-refractivity contribution is 6.32. The number of carbonyl (C=O) groups is 1. The fourth-order valence-electron chi connectivity index (χ4n) is 2.83. The van der Waals surface area contributed by atoms with E-state index in [2.05, 4.69) is 10.3 Å². The second-order valence-corrected chi connectivity index (χ2v) is 6.03. The maximum absolute atomic E-state index is 12.6. The molecule has 3 rings (SSSR count). The van der Waals surface area contributed by atoms with Crippen molar-refractivity contribution in [1.29, 1.82) is 0 Å². The van der Waals surface area contributed by atoms with Gasteiger partial charge in [-0.15, -0.1) is 12.4 Å². The molecule has 25 heavy (non-hydrogen) atoms. The van der Waals surface area contributed by atoms with E-state index in [1.54, 1.807) is 18.3 Å². The van der Waals surface area contributed by atoms with Crippen molar-refractivity contribution in [2.45, 2.75) is 12.5 Å². The molecule has 1 aromatic carbocycles. The lowest BCUT2D eigenvalue weighted by Gasteiger charge is -2.36. The van der Waals surface area contributed by atoms with Crippen molar-refractivity contribution >= 4 is 29.9 Å². The first-order valence-electron chi connectivity index (χ1n) is 8.03. The number of piperazine rings is 1. The van der Waals surface area contributed by atoms with Crippen molar-refractivity contribution in [2.75, 3.05) is 26.2 Å². The topological polar surface area (TPSA) is 54.5 Å². The molecule has 1 amide bonds. The van der Waals surface area contributed by atoms with Gasteiger partial charge in [0, 0.05) is 32.0 Å². The minimum Gasteiger partial charge on any atom is -0.491 e. The third-order valence-electron chi connectivity index (χ3n) is 4.04. The van der Waals surface area contributed by atoms with Gasteiger partial charge in [0.2, 0.25) is 5.91 Å². The summed E-state index contributed by atoms with van der Waals surface area (Å²) in [6.45, 7) is 2.54. The minimum atomic E-state index is 0. The van der Waals surface area contributed by atoms with Gasteiger partial charge >= 0.3 is 0 Å². The molecule has 134 valence electrons. The molecule has 1 fully saturated rings. The van der Waals surface area contributed by atoms with Gasteiger partial charge in [-0.25, -0.2) is 0 Å². The molecule has 2 heterocycles. The normalized spacial score (nSPS) is 16.8. The fourth-order valence-corrected chi connectivity index (χ4v) is 3.02. The highest BCUT2D eigenvalue weighted by Crippen LogP contribution is 2.24. The number of para-hydroxylation sites is 1. The lowest BCUT2D eigenvalue weighted by Crippen LogP contribution is -2.49. The average molecular weight is 382 g/mol. The van der Waals surface area contributed by atoms with E-state index in [0.29, 0.717) is 30.3 Å². The standard InChI is InChI=1S/C18H20ClN3O2.ClH/c19-15-5-1-2-6-17(15)24-11-7-18(23)22-10-9-21-13-16(22)14-4-3-8-20-12-14;/h1-6,8,12,16,21H,7,9-11,13H2;1H. The van der Waals surface area contributed by atoms with Crippen molar-refractivity contribution in [2.24, 2.45) is 0 Å². The molecule has 0 bridgehead atoms. The predicted octanol–water partition coefficient (Wildman–Crippen LogP) is 3.10. The third-order valence-corrected chi connectivity index (χ3v) is 4.36. The number of hydrogen-bond donors (Lipinski definition) is 1. The van der Waals surface area contributed by atoms with Gasteiger partial charge in [-0.2, -0.15) is 0 Å². The van der Waals surface area contributed by atoms with Crippen molar-refractivity contribution in [3.8, 4) is 5.75 Å². The van der Waals surface area contributed by atoms with Gasteiger partial charge in [0.1, 0.15) is 5.75 Å². The van der Waals surface area contributed by atoms with E-state index in [1.165, 1.54) is 0 Å². The fraction of sp³-hybridized carbons (Fsp3) is 0.333. The molecule has 0 saturated carbocycles. The number of amides is 1. The molecule has 1 saturated heterocycles. The number of aromatic nitrogens is 1. The number of carbonyl (C=O) groups excluding carboxylic acids is 1. The van der Waals surface area contributed by atoms with Gasteiger partial charge in [-0.1, -0.05) is 29.8 Å². The van der Waals surface area contributed by atoms with Crippen LogP contribution in [0.25, 0.3) is 0 Å². The van der Waals surface area contributed by atoms with Crippen LogP contribution in [0.5, 0.6) is 5.75 Å². The van der Waals surface area contributed by atoms with Crippen molar-refractivity contribution in [1.82, 2.24) is 15.2 Å². The molecule has 0 radical (unpaired) electrons. The number of hydrogen-bond acceptors (Lipinski definition) is 4. The van der Waals surface area contributed by atoms with Crippen LogP contribution in [0.2, 0.25) is 5.02 Å². The van der Waals surface area contributed by atoms with Crippen molar-refractivity contribution < 1.29 is 9.53 Å². The molecule has 1 N–H and O–H groups in total. The first-order chi connectivity index (χ1) is 11.8. The van der Waals surface area contributed by atoms with E-state index in [1.807, 2.05) is 35.4 Å². The Balaban J connectivity index is 0.00000225. The van der Waals surface area contributed by atoms with Crippen molar-refractivity contribution in [3.05, 3.63) is 59.4 Å². The summed E-state index contributed by atoms with van der Waals surface area (Å²) in [6.07, 6.45) is 3.88. The molecule has 2 aromatic rings. The van der Waals surface area contributed by atoms with E-state index in [4.69, 9.17) is 16.3 Å². The molecular weight excluding hydrogens is 361 g/mol. The number of halogens is 2. The van der Waals surface area contributed by atoms with Crippen LogP contribution in [0.4, 0.5) is 0 Å². The minimum absolute atomic E-state index is 0. The van der Waals surface area contributed by atoms with Crippen LogP contribution < -0.4 is 10.1 Å². The van der Waals surface area contributed by atoms with Gasteiger partial charge in [-0.05, 0) is 23.8 Å². The van der Waals surface area contributed by atoms with Gasteiger partial charge in [-0.3, -0.25) is 9.78 Å². The van der Waals surface area contributed by atoms with Gasteiger partial charge in [0.05, 0.1) is 24.1 Å². The second-order valence-electron chi connectivity index (χ2n) is 5.62. The van der Waals surface area contributed by atoms with E-state index in [9.17, 15) is 4.79 Å². The maximum atomic E-state index is 12.6. The molecular formula is C18H21Cl2N3O2. The highest BCUT2D eigenvalue weighted by Gasteiger charge is 2.27. The van der Waals surface area contributed by atoms with Gasteiger partial charge in [0.15, 0.2) is 0 Å². The quantitative estimate of drug-likeness (QED) is 0.864. The van der Waals surface area contributed by atoms with Crippen LogP contribution in [0.15, 0.2) is 48.8 Å². The Kier molecular flexibility index (Phi) is 7.50. The summed E-state index contributed by atoms with van der Waals surface area (Å²) in [7, 11) is 0. The first-order valence-corrected chi connectivity index (χ1v) is 8.41. The van der Waals surface area contributed by atoms with E-state index < -0.39 is 0 Å². The molecule has 1 unspecified atom stereocenters. The van der Waals surface area contributed by atoms with Crippen LogP contribution in [-0.2, 0) is 4.79 Å². The summed E-state index contributed by atoms with van der Waals surface area (Å²) in [5, 5.41) is 3.89. The van der Waals surface area contributed by atoms with Crippen LogP contribution >= 0.6 is 24.0 Å². The molecule has 1 atom stereocenters. The maximum Gasteiger partial charge on any atom is 0.226 e. The molecule has 1 aromatic heterocycles. The summed E-state index contributed by atoms with van der Waals surface area (Å²) >= 11 is 6.06.